The van der Waals surface area contributed by atoms with Crippen LogP contribution in [0.2, 0.25) is 0 Å². The van der Waals surface area contributed by atoms with Gasteiger partial charge in [0, 0.05) is 30.6 Å². The molecule has 3 N–H and O–H groups in total. The Kier molecular flexibility index (Phi) is 4.55. The van der Waals surface area contributed by atoms with Crippen LogP contribution in [0, 0.1) is 23.1 Å². The van der Waals surface area contributed by atoms with E-state index in [2.05, 4.69) is 6.07 Å². The third kappa shape index (κ3) is 3.02. The highest BCUT2D eigenvalue weighted by molar-refractivity contribution is 5.98. The van der Waals surface area contributed by atoms with Crippen LogP contribution in [0.3, 0.4) is 0 Å². The molecule has 7 nitrogen and oxygen atoms in total. The molecule has 2 unspecified atom stereocenters. The maximum Gasteiger partial charge on any atom is 0.343 e. The number of aromatic carboxylic acids is 1. The van der Waals surface area contributed by atoms with Gasteiger partial charge in [-0.05, 0) is 43.4 Å². The highest BCUT2D eigenvalue weighted by atomic mass is 19.1. The molecule has 8 heteroatoms. The lowest BCUT2D eigenvalue weighted by atomic mass is 9.98. The Morgan fingerprint density at radius 2 is 2.14 bits per heavy atom. The highest BCUT2D eigenvalue weighted by Crippen LogP contribution is 2.42. The molecule has 146 valence electrons. The third-order valence-electron chi connectivity index (χ3n) is 5.72. The fraction of sp³-hybridized carbons (Fsp3) is 0.450. The molecule has 0 amide bonds. The fourth-order valence-corrected chi connectivity index (χ4v) is 4.18. The number of nitrogens with two attached hydrogens (primary N) is 1. The maximum absolute atomic E-state index is 13.8. The SMILES string of the molecule is N#CCC(N)C1CCN(c2c(C(=O)O)c(=O)c3cc(F)ccc3n2C2CC2)C1. The molecule has 1 aromatic carbocycles. The van der Waals surface area contributed by atoms with E-state index in [-0.39, 0.29) is 35.4 Å². The molecule has 4 rings (SSSR count). The zero-order valence-corrected chi connectivity index (χ0v) is 15.3. The minimum Gasteiger partial charge on any atom is -0.477 e. The van der Waals surface area contributed by atoms with E-state index in [1.807, 2.05) is 9.47 Å². The Labute approximate surface area is 160 Å². The Balaban J connectivity index is 1.90. The Morgan fingerprint density at radius 1 is 1.39 bits per heavy atom. The van der Waals surface area contributed by atoms with E-state index in [1.165, 1.54) is 6.07 Å². The lowest BCUT2D eigenvalue weighted by Gasteiger charge is -2.27. The first-order valence-electron chi connectivity index (χ1n) is 9.41. The summed E-state index contributed by atoms with van der Waals surface area (Å²) in [7, 11) is 0. The normalized spacial score (nSPS) is 20.3. The van der Waals surface area contributed by atoms with Crippen molar-refractivity contribution in [2.45, 2.75) is 37.8 Å². The zero-order chi connectivity index (χ0) is 20.0. The van der Waals surface area contributed by atoms with Crippen molar-refractivity contribution in [1.29, 1.82) is 5.26 Å². The molecule has 1 saturated carbocycles. The summed E-state index contributed by atoms with van der Waals surface area (Å²) >= 11 is 0. The smallest absolute Gasteiger partial charge is 0.343 e. The van der Waals surface area contributed by atoms with E-state index >= 15 is 0 Å². The summed E-state index contributed by atoms with van der Waals surface area (Å²) in [5, 5.41) is 18.8. The predicted molar refractivity (Wildman–Crippen MR) is 102 cm³/mol. The number of rotatable bonds is 5. The number of hydrogen-bond acceptors (Lipinski definition) is 5. The van der Waals surface area contributed by atoms with Crippen LogP contribution in [0.1, 0.15) is 42.1 Å². The molecular weight excluding hydrogens is 363 g/mol. The third-order valence-corrected chi connectivity index (χ3v) is 5.72. The number of hydrogen-bond donors (Lipinski definition) is 2. The van der Waals surface area contributed by atoms with Crippen molar-refractivity contribution in [3.05, 3.63) is 39.8 Å². The Morgan fingerprint density at radius 3 is 2.79 bits per heavy atom. The molecule has 0 bridgehead atoms. The number of aromatic nitrogens is 1. The molecule has 2 atom stereocenters. The van der Waals surface area contributed by atoms with Crippen molar-refractivity contribution < 1.29 is 14.3 Å². The number of carbonyl (C=O) groups is 1. The number of benzene rings is 1. The summed E-state index contributed by atoms with van der Waals surface area (Å²) in [5.74, 6) is -1.45. The van der Waals surface area contributed by atoms with E-state index in [0.717, 1.165) is 25.3 Å². The molecule has 0 radical (unpaired) electrons. The van der Waals surface area contributed by atoms with Gasteiger partial charge in [-0.3, -0.25) is 4.79 Å². The standard InChI is InChI=1S/C20H21FN4O3/c21-12-1-4-16-14(9-12)18(26)17(20(27)28)19(25(16)13-2-3-13)24-8-6-11(10-24)15(23)5-7-22/h1,4,9,11,13,15H,2-3,5-6,8,10,23H2,(H,27,28). The van der Waals surface area contributed by atoms with E-state index in [1.54, 1.807) is 6.07 Å². The first-order chi connectivity index (χ1) is 13.4. The number of carboxylic acid groups (broad SMARTS) is 1. The molecule has 2 aliphatic rings. The largest absolute Gasteiger partial charge is 0.477 e. The van der Waals surface area contributed by atoms with E-state index in [9.17, 15) is 19.1 Å². The number of fused-ring (bicyclic) bond motifs is 1. The van der Waals surface area contributed by atoms with Gasteiger partial charge in [0.15, 0.2) is 0 Å². The summed E-state index contributed by atoms with van der Waals surface area (Å²) < 4.78 is 15.7. The first-order valence-corrected chi connectivity index (χ1v) is 9.41. The van der Waals surface area contributed by atoms with Crippen LogP contribution in [0.4, 0.5) is 10.2 Å². The number of anilines is 1. The van der Waals surface area contributed by atoms with Gasteiger partial charge in [-0.15, -0.1) is 0 Å². The van der Waals surface area contributed by atoms with Crippen LogP contribution in [0.15, 0.2) is 23.0 Å². The van der Waals surface area contributed by atoms with Gasteiger partial charge in [-0.25, -0.2) is 9.18 Å². The van der Waals surface area contributed by atoms with E-state index in [0.29, 0.717) is 24.4 Å². The molecule has 1 aromatic heterocycles. The number of pyridine rings is 1. The lowest BCUT2D eigenvalue weighted by Crippen LogP contribution is -2.35. The van der Waals surface area contributed by atoms with Crippen molar-refractivity contribution in [3.8, 4) is 6.07 Å². The predicted octanol–water partition coefficient (Wildman–Crippen LogP) is 2.24. The van der Waals surface area contributed by atoms with Crippen LogP contribution in [0.5, 0.6) is 0 Å². The second-order valence-electron chi connectivity index (χ2n) is 7.62. The summed E-state index contributed by atoms with van der Waals surface area (Å²) in [5.41, 5.74) is 5.67. The lowest BCUT2D eigenvalue weighted by molar-refractivity contribution is 0.0695. The van der Waals surface area contributed by atoms with E-state index < -0.39 is 17.2 Å². The molecular formula is C20H21FN4O3. The number of nitriles is 1. The molecule has 2 heterocycles. The van der Waals surface area contributed by atoms with Gasteiger partial charge in [0.25, 0.3) is 0 Å². The summed E-state index contributed by atoms with van der Waals surface area (Å²) in [6.07, 6.45) is 2.72. The van der Waals surface area contributed by atoms with Crippen molar-refractivity contribution >= 4 is 22.7 Å². The zero-order valence-electron chi connectivity index (χ0n) is 15.3. The molecule has 28 heavy (non-hydrogen) atoms. The molecule has 1 aliphatic carbocycles. The molecule has 2 fully saturated rings. The van der Waals surface area contributed by atoms with Gasteiger partial charge in [0.05, 0.1) is 18.0 Å². The maximum atomic E-state index is 13.8. The van der Waals surface area contributed by atoms with E-state index in [4.69, 9.17) is 11.0 Å². The van der Waals surface area contributed by atoms with Crippen LogP contribution >= 0.6 is 0 Å². The second-order valence-corrected chi connectivity index (χ2v) is 7.62. The Bertz CT molecular complexity index is 1050. The highest BCUT2D eigenvalue weighted by Gasteiger charge is 2.37. The average Bonchev–Trinajstić information content (AvgIpc) is 3.37. The van der Waals surface area contributed by atoms with Gasteiger partial charge >= 0.3 is 5.97 Å². The average molecular weight is 384 g/mol. The quantitative estimate of drug-likeness (QED) is 0.818. The van der Waals surface area contributed by atoms with Crippen molar-refractivity contribution in [1.82, 2.24) is 4.57 Å². The van der Waals surface area contributed by atoms with Gasteiger partial charge in [0.1, 0.15) is 17.2 Å². The minimum atomic E-state index is -1.31. The van der Waals surface area contributed by atoms with Crippen molar-refractivity contribution in [2.24, 2.45) is 11.7 Å². The number of halogens is 1. The Hall–Kier alpha value is -2.92. The van der Waals surface area contributed by atoms with Gasteiger partial charge in [-0.1, -0.05) is 0 Å². The summed E-state index contributed by atoms with van der Waals surface area (Å²) in [6.45, 7) is 1.05. The van der Waals surface area contributed by atoms with Crippen LogP contribution < -0.4 is 16.1 Å². The minimum absolute atomic E-state index is 0.0490. The van der Waals surface area contributed by atoms with Gasteiger partial charge < -0.3 is 20.3 Å². The van der Waals surface area contributed by atoms with Gasteiger partial charge in [0.2, 0.25) is 5.43 Å². The van der Waals surface area contributed by atoms with Crippen molar-refractivity contribution in [3.63, 3.8) is 0 Å². The van der Waals surface area contributed by atoms with Crippen LogP contribution in [-0.4, -0.2) is 34.8 Å². The van der Waals surface area contributed by atoms with Crippen LogP contribution in [0.25, 0.3) is 10.9 Å². The van der Waals surface area contributed by atoms with Crippen molar-refractivity contribution in [2.75, 3.05) is 18.0 Å². The number of nitrogens with zero attached hydrogens (tertiary/aromatic N) is 3. The van der Waals surface area contributed by atoms with Crippen LogP contribution in [-0.2, 0) is 0 Å². The first kappa shape index (κ1) is 18.4. The molecule has 0 spiro atoms. The number of carboxylic acids is 1. The topological polar surface area (TPSA) is 112 Å². The summed E-state index contributed by atoms with van der Waals surface area (Å²) in [4.78, 5) is 26.9. The van der Waals surface area contributed by atoms with Gasteiger partial charge in [-0.2, -0.15) is 5.26 Å². The second kappa shape index (κ2) is 6.91. The monoisotopic (exact) mass is 384 g/mol. The molecule has 2 aromatic rings. The summed E-state index contributed by atoms with van der Waals surface area (Å²) in [6, 6.07) is 5.83. The fourth-order valence-electron chi connectivity index (χ4n) is 4.18. The molecule has 1 saturated heterocycles. The molecule has 1 aliphatic heterocycles.